The number of ketones is 2. The molecule has 1 rings (SSSR count). The van der Waals surface area contributed by atoms with Crippen LogP contribution in [0, 0.1) is 16.0 Å². The zero-order valence-electron chi connectivity index (χ0n) is 13.2. The van der Waals surface area contributed by atoms with Gasteiger partial charge in [-0.3, -0.25) is 19.7 Å². The van der Waals surface area contributed by atoms with Crippen LogP contribution in [0.15, 0.2) is 30.3 Å². The first-order valence-electron chi connectivity index (χ1n) is 7.17. The Morgan fingerprint density at radius 2 is 1.65 bits per heavy atom. The van der Waals surface area contributed by atoms with E-state index < -0.39 is 40.3 Å². The van der Waals surface area contributed by atoms with Crippen molar-refractivity contribution >= 4 is 17.5 Å². The van der Waals surface area contributed by atoms with Crippen molar-refractivity contribution in [2.24, 2.45) is 5.92 Å². The van der Waals surface area contributed by atoms with E-state index in [9.17, 15) is 24.5 Å². The van der Waals surface area contributed by atoms with Crippen LogP contribution in [0.25, 0.3) is 0 Å². The van der Waals surface area contributed by atoms with Gasteiger partial charge in [0.25, 0.3) is 0 Å². The van der Waals surface area contributed by atoms with Gasteiger partial charge < -0.3 is 4.74 Å². The molecule has 0 aromatic heterocycles. The van der Waals surface area contributed by atoms with E-state index >= 15 is 0 Å². The molecule has 0 fully saturated rings. The molecule has 23 heavy (non-hydrogen) atoms. The molecule has 1 aromatic rings. The molecule has 0 bridgehead atoms. The van der Waals surface area contributed by atoms with E-state index in [2.05, 4.69) is 0 Å². The number of carbonyl (C=O) groups excluding carboxylic acids is 3. The Balaban J connectivity index is 3.48. The summed E-state index contributed by atoms with van der Waals surface area (Å²) in [6.07, 6.45) is 0. The molecule has 0 saturated heterocycles. The van der Waals surface area contributed by atoms with Crippen molar-refractivity contribution in [1.29, 1.82) is 0 Å². The van der Waals surface area contributed by atoms with Gasteiger partial charge in [0.05, 0.1) is 18.4 Å². The van der Waals surface area contributed by atoms with Crippen molar-refractivity contribution in [3.05, 3.63) is 46.0 Å². The zero-order chi connectivity index (χ0) is 17.6. The van der Waals surface area contributed by atoms with Gasteiger partial charge in [0.2, 0.25) is 0 Å². The fraction of sp³-hybridized carbons (Fsp3) is 0.438. The van der Waals surface area contributed by atoms with Crippen LogP contribution in [-0.4, -0.2) is 35.1 Å². The maximum Gasteiger partial charge on any atom is 0.382 e. The van der Waals surface area contributed by atoms with Crippen LogP contribution in [-0.2, 0) is 19.1 Å². The summed E-state index contributed by atoms with van der Waals surface area (Å²) in [6.45, 7) is 3.86. The second-order valence-corrected chi connectivity index (χ2v) is 5.12. The maximum absolute atomic E-state index is 12.1. The summed E-state index contributed by atoms with van der Waals surface area (Å²) in [5.74, 6) is -4.60. The molecule has 1 aromatic carbocycles. The lowest BCUT2D eigenvalue weighted by atomic mass is 9.77. The fourth-order valence-electron chi connectivity index (χ4n) is 2.62. The predicted molar refractivity (Wildman–Crippen MR) is 81.5 cm³/mol. The van der Waals surface area contributed by atoms with Crippen molar-refractivity contribution in [1.82, 2.24) is 0 Å². The van der Waals surface area contributed by atoms with Gasteiger partial charge >= 0.3 is 12.0 Å². The molecule has 2 atom stereocenters. The van der Waals surface area contributed by atoms with E-state index in [0.717, 1.165) is 0 Å². The molecule has 0 heterocycles. The number of rotatable bonds is 8. The molecule has 7 nitrogen and oxygen atoms in total. The SMILES string of the molecule is CCOC(=O)C(C(c1ccccc1)C(C(C)=O)C(C)=O)[N+](=O)[O-]. The number of Topliss-reactive ketones (excluding diaryl/α,β-unsaturated/α-hetero) is 2. The van der Waals surface area contributed by atoms with Crippen molar-refractivity contribution in [2.75, 3.05) is 6.61 Å². The lowest BCUT2D eigenvalue weighted by Gasteiger charge is -2.25. The molecule has 7 heteroatoms. The normalized spacial score (nSPS) is 13.2. The van der Waals surface area contributed by atoms with Crippen molar-refractivity contribution in [2.45, 2.75) is 32.7 Å². The van der Waals surface area contributed by atoms with E-state index in [4.69, 9.17) is 4.74 Å². The average Bonchev–Trinajstić information content (AvgIpc) is 2.46. The molecular weight excluding hydrogens is 302 g/mol. The molecule has 0 saturated carbocycles. The van der Waals surface area contributed by atoms with Crippen LogP contribution in [0.2, 0.25) is 0 Å². The average molecular weight is 321 g/mol. The summed E-state index contributed by atoms with van der Waals surface area (Å²) in [7, 11) is 0. The molecule has 0 N–H and O–H groups in total. The molecule has 0 aliphatic heterocycles. The van der Waals surface area contributed by atoms with Crippen LogP contribution >= 0.6 is 0 Å². The summed E-state index contributed by atoms with van der Waals surface area (Å²) >= 11 is 0. The Hall–Kier alpha value is -2.57. The lowest BCUT2D eigenvalue weighted by Crippen LogP contribution is -2.44. The van der Waals surface area contributed by atoms with Crippen LogP contribution in [0.5, 0.6) is 0 Å². The van der Waals surface area contributed by atoms with E-state index in [-0.39, 0.29) is 6.61 Å². The first kappa shape index (κ1) is 18.5. The number of hydrogen-bond donors (Lipinski definition) is 0. The topological polar surface area (TPSA) is 104 Å². The first-order valence-corrected chi connectivity index (χ1v) is 7.17. The minimum atomic E-state index is -1.82. The highest BCUT2D eigenvalue weighted by Gasteiger charge is 2.48. The number of carbonyl (C=O) groups is 3. The third kappa shape index (κ3) is 4.45. The molecule has 0 radical (unpaired) electrons. The molecule has 0 aliphatic rings. The molecule has 0 aliphatic carbocycles. The standard InChI is InChI=1S/C16H19NO6/c1-4-23-16(20)15(17(21)22)14(12-8-6-5-7-9-12)13(10(2)18)11(3)19/h5-9,13-15H,4H2,1-3H3. The highest BCUT2D eigenvalue weighted by atomic mass is 16.6. The van der Waals surface area contributed by atoms with Gasteiger partial charge in [-0.25, -0.2) is 4.79 Å². The van der Waals surface area contributed by atoms with Gasteiger partial charge in [-0.2, -0.15) is 0 Å². The van der Waals surface area contributed by atoms with Gasteiger partial charge in [-0.15, -0.1) is 0 Å². The van der Waals surface area contributed by atoms with Gasteiger partial charge in [-0.1, -0.05) is 30.3 Å². The van der Waals surface area contributed by atoms with E-state index in [1.54, 1.807) is 30.3 Å². The second kappa shape index (κ2) is 8.17. The summed E-state index contributed by atoms with van der Waals surface area (Å²) in [5.41, 5.74) is 0.373. The van der Waals surface area contributed by atoms with Crippen LogP contribution in [0.3, 0.4) is 0 Å². The van der Waals surface area contributed by atoms with Crippen LogP contribution in [0.1, 0.15) is 32.3 Å². The smallest absolute Gasteiger partial charge is 0.382 e. The number of esters is 1. The summed E-state index contributed by atoms with van der Waals surface area (Å²) in [4.78, 5) is 46.6. The maximum atomic E-state index is 12.1. The minimum Gasteiger partial charge on any atom is -0.461 e. The van der Waals surface area contributed by atoms with E-state index in [0.29, 0.717) is 5.56 Å². The highest BCUT2D eigenvalue weighted by Crippen LogP contribution is 2.32. The number of nitrogens with zero attached hydrogens (tertiary/aromatic N) is 1. The molecule has 0 spiro atoms. The van der Waals surface area contributed by atoms with Gasteiger partial charge in [-0.05, 0) is 26.3 Å². The molecular formula is C16H19NO6. The third-order valence-corrected chi connectivity index (χ3v) is 3.51. The summed E-state index contributed by atoms with van der Waals surface area (Å²) < 4.78 is 4.77. The Kier molecular flexibility index (Phi) is 6.56. The summed E-state index contributed by atoms with van der Waals surface area (Å²) in [6, 6.07) is 6.24. The Morgan fingerprint density at radius 3 is 2.04 bits per heavy atom. The second-order valence-electron chi connectivity index (χ2n) is 5.12. The van der Waals surface area contributed by atoms with Crippen molar-refractivity contribution in [3.8, 4) is 0 Å². The predicted octanol–water partition coefficient (Wildman–Crippen LogP) is 1.77. The Labute approximate surface area is 133 Å². The Bertz CT molecular complexity index is 584. The molecule has 124 valence electrons. The van der Waals surface area contributed by atoms with Crippen LogP contribution < -0.4 is 0 Å². The number of nitro groups is 1. The van der Waals surface area contributed by atoms with E-state index in [1.165, 1.54) is 20.8 Å². The van der Waals surface area contributed by atoms with Gasteiger partial charge in [0.15, 0.2) is 0 Å². The van der Waals surface area contributed by atoms with Gasteiger partial charge in [0, 0.05) is 4.92 Å². The number of ether oxygens (including phenoxy) is 1. The van der Waals surface area contributed by atoms with Crippen LogP contribution in [0.4, 0.5) is 0 Å². The number of hydrogen-bond acceptors (Lipinski definition) is 6. The molecule has 0 amide bonds. The van der Waals surface area contributed by atoms with Crippen molar-refractivity contribution < 1.29 is 24.0 Å². The fourth-order valence-corrected chi connectivity index (χ4v) is 2.62. The van der Waals surface area contributed by atoms with E-state index in [1.807, 2.05) is 0 Å². The monoisotopic (exact) mass is 321 g/mol. The third-order valence-electron chi connectivity index (χ3n) is 3.51. The number of benzene rings is 1. The zero-order valence-corrected chi connectivity index (χ0v) is 13.2. The highest BCUT2D eigenvalue weighted by molar-refractivity contribution is 6.02. The largest absolute Gasteiger partial charge is 0.461 e. The van der Waals surface area contributed by atoms with Crippen molar-refractivity contribution in [3.63, 3.8) is 0 Å². The lowest BCUT2D eigenvalue weighted by molar-refractivity contribution is -0.515. The molecule has 2 unspecified atom stereocenters. The van der Waals surface area contributed by atoms with Gasteiger partial charge in [0.1, 0.15) is 11.6 Å². The first-order chi connectivity index (χ1) is 10.8. The summed E-state index contributed by atoms with van der Waals surface area (Å²) in [5, 5.41) is 11.5. The Morgan fingerprint density at radius 1 is 1.13 bits per heavy atom. The minimum absolute atomic E-state index is 0.0322. The quantitative estimate of drug-likeness (QED) is 0.313.